The SMILES string of the molecule is Cc1cccc(NC(=O)CN(C)C(=O)c2ccc(C)c(C)c2O)c1C. The lowest BCUT2D eigenvalue weighted by molar-refractivity contribution is -0.116. The van der Waals surface area contributed by atoms with Crippen molar-refractivity contribution in [1.82, 2.24) is 4.90 Å². The maximum Gasteiger partial charge on any atom is 0.257 e. The zero-order valence-corrected chi connectivity index (χ0v) is 15.3. The molecule has 2 aromatic rings. The van der Waals surface area contributed by atoms with Gasteiger partial charge in [-0.15, -0.1) is 0 Å². The summed E-state index contributed by atoms with van der Waals surface area (Å²) in [5.74, 6) is -0.712. The van der Waals surface area contributed by atoms with Crippen molar-refractivity contribution in [2.24, 2.45) is 0 Å². The molecule has 0 bridgehead atoms. The molecule has 0 unspecified atom stereocenters. The van der Waals surface area contributed by atoms with Gasteiger partial charge in [0.15, 0.2) is 0 Å². The van der Waals surface area contributed by atoms with Gasteiger partial charge in [-0.2, -0.15) is 0 Å². The molecule has 2 N–H and O–H groups in total. The van der Waals surface area contributed by atoms with E-state index in [0.29, 0.717) is 5.56 Å². The summed E-state index contributed by atoms with van der Waals surface area (Å²) in [6.45, 7) is 7.44. The van der Waals surface area contributed by atoms with Crippen molar-refractivity contribution in [3.05, 3.63) is 58.1 Å². The van der Waals surface area contributed by atoms with Gasteiger partial charge in [-0.05, 0) is 62.1 Å². The second-order valence-corrected chi connectivity index (χ2v) is 6.36. The van der Waals surface area contributed by atoms with Crippen molar-refractivity contribution in [2.45, 2.75) is 27.7 Å². The van der Waals surface area contributed by atoms with E-state index >= 15 is 0 Å². The van der Waals surface area contributed by atoms with E-state index in [1.165, 1.54) is 4.90 Å². The summed E-state index contributed by atoms with van der Waals surface area (Å²) in [4.78, 5) is 26.1. The Bertz CT molecular complexity index is 828. The molecule has 2 rings (SSSR count). The van der Waals surface area contributed by atoms with Crippen molar-refractivity contribution < 1.29 is 14.7 Å². The number of carbonyl (C=O) groups excluding carboxylic acids is 2. The minimum absolute atomic E-state index is 0.0354. The highest BCUT2D eigenvalue weighted by molar-refractivity contribution is 6.01. The summed E-state index contributed by atoms with van der Waals surface area (Å²) in [5.41, 5.74) is 4.59. The largest absolute Gasteiger partial charge is 0.507 e. The predicted molar refractivity (Wildman–Crippen MR) is 99.1 cm³/mol. The normalized spacial score (nSPS) is 10.4. The van der Waals surface area contributed by atoms with Crippen LogP contribution in [0.4, 0.5) is 5.69 Å². The van der Waals surface area contributed by atoms with E-state index in [1.807, 2.05) is 39.0 Å². The van der Waals surface area contributed by atoms with Crippen LogP contribution >= 0.6 is 0 Å². The molecule has 0 saturated carbocycles. The zero-order chi connectivity index (χ0) is 18.7. The Labute approximate surface area is 148 Å². The van der Waals surface area contributed by atoms with Crippen molar-refractivity contribution >= 4 is 17.5 Å². The predicted octanol–water partition coefficient (Wildman–Crippen LogP) is 3.34. The molecule has 132 valence electrons. The zero-order valence-electron chi connectivity index (χ0n) is 15.3. The first-order valence-corrected chi connectivity index (χ1v) is 8.13. The molecule has 2 aromatic carbocycles. The van der Waals surface area contributed by atoms with Crippen LogP contribution in [0.25, 0.3) is 0 Å². The number of aryl methyl sites for hydroxylation is 2. The number of benzene rings is 2. The summed E-state index contributed by atoms with van der Waals surface area (Å²) in [6, 6.07) is 9.05. The van der Waals surface area contributed by atoms with Crippen LogP contribution in [-0.2, 0) is 4.79 Å². The number of amides is 2. The molecule has 0 heterocycles. The number of phenols is 1. The van der Waals surface area contributed by atoms with E-state index in [1.54, 1.807) is 26.1 Å². The van der Waals surface area contributed by atoms with Crippen LogP contribution in [0.5, 0.6) is 5.75 Å². The van der Waals surface area contributed by atoms with Gasteiger partial charge in [0, 0.05) is 12.7 Å². The van der Waals surface area contributed by atoms with E-state index in [0.717, 1.165) is 22.4 Å². The Morgan fingerprint density at radius 2 is 1.64 bits per heavy atom. The molecule has 0 fully saturated rings. The van der Waals surface area contributed by atoms with Gasteiger partial charge in [-0.3, -0.25) is 9.59 Å². The summed E-state index contributed by atoms with van der Waals surface area (Å²) in [7, 11) is 1.54. The maximum absolute atomic E-state index is 12.5. The Hall–Kier alpha value is -2.82. The first kappa shape index (κ1) is 18.5. The minimum Gasteiger partial charge on any atom is -0.507 e. The first-order chi connectivity index (χ1) is 11.7. The lowest BCUT2D eigenvalue weighted by Gasteiger charge is -2.19. The van der Waals surface area contributed by atoms with Gasteiger partial charge in [0.1, 0.15) is 5.75 Å². The van der Waals surface area contributed by atoms with Crippen molar-refractivity contribution in [1.29, 1.82) is 0 Å². The number of aromatic hydroxyl groups is 1. The third-order valence-electron chi connectivity index (χ3n) is 4.54. The topological polar surface area (TPSA) is 69.6 Å². The standard InChI is InChI=1S/C20H24N2O3/c1-12-7-6-8-17(14(12)3)21-18(23)11-22(5)20(25)16-10-9-13(2)15(4)19(16)24/h6-10,24H,11H2,1-5H3,(H,21,23). The average molecular weight is 340 g/mol. The van der Waals surface area contributed by atoms with Gasteiger partial charge < -0.3 is 15.3 Å². The van der Waals surface area contributed by atoms with E-state index < -0.39 is 5.91 Å². The molecule has 0 spiro atoms. The Balaban J connectivity index is 2.10. The van der Waals surface area contributed by atoms with Crippen LogP contribution in [0.2, 0.25) is 0 Å². The number of nitrogens with one attached hydrogen (secondary N) is 1. The fraction of sp³-hybridized carbons (Fsp3) is 0.300. The fourth-order valence-electron chi connectivity index (χ4n) is 2.54. The molecule has 2 amide bonds. The van der Waals surface area contributed by atoms with Crippen LogP contribution in [0.15, 0.2) is 30.3 Å². The molecular weight excluding hydrogens is 316 g/mol. The molecule has 5 heteroatoms. The van der Waals surface area contributed by atoms with Gasteiger partial charge in [-0.25, -0.2) is 0 Å². The number of rotatable bonds is 4. The molecule has 0 atom stereocenters. The van der Waals surface area contributed by atoms with Crippen molar-refractivity contribution in [3.8, 4) is 5.75 Å². The third-order valence-corrected chi connectivity index (χ3v) is 4.54. The molecule has 0 aliphatic rings. The third kappa shape index (κ3) is 3.99. The van der Waals surface area contributed by atoms with Crippen LogP contribution in [-0.4, -0.2) is 35.4 Å². The van der Waals surface area contributed by atoms with E-state index in [2.05, 4.69) is 5.32 Å². The summed E-state index contributed by atoms with van der Waals surface area (Å²) in [6.07, 6.45) is 0. The summed E-state index contributed by atoms with van der Waals surface area (Å²) >= 11 is 0. The van der Waals surface area contributed by atoms with Gasteiger partial charge >= 0.3 is 0 Å². The van der Waals surface area contributed by atoms with Crippen LogP contribution in [0.1, 0.15) is 32.6 Å². The molecule has 0 aliphatic heterocycles. The number of hydrogen-bond donors (Lipinski definition) is 2. The van der Waals surface area contributed by atoms with Gasteiger partial charge in [0.2, 0.25) is 5.91 Å². The molecule has 0 aliphatic carbocycles. The lowest BCUT2D eigenvalue weighted by Crippen LogP contribution is -2.35. The van der Waals surface area contributed by atoms with Crippen molar-refractivity contribution in [2.75, 3.05) is 18.9 Å². The maximum atomic E-state index is 12.5. The minimum atomic E-state index is -0.392. The highest BCUT2D eigenvalue weighted by Crippen LogP contribution is 2.25. The molecule has 0 saturated heterocycles. The van der Waals surface area contributed by atoms with E-state index in [-0.39, 0.29) is 23.8 Å². The quantitative estimate of drug-likeness (QED) is 0.897. The molecular formula is C20H24N2O3. The van der Waals surface area contributed by atoms with Gasteiger partial charge in [-0.1, -0.05) is 18.2 Å². The monoisotopic (exact) mass is 340 g/mol. The highest BCUT2D eigenvalue weighted by Gasteiger charge is 2.20. The van der Waals surface area contributed by atoms with Crippen LogP contribution in [0, 0.1) is 27.7 Å². The molecule has 0 aromatic heterocycles. The second-order valence-electron chi connectivity index (χ2n) is 6.36. The van der Waals surface area contributed by atoms with Crippen LogP contribution in [0.3, 0.4) is 0 Å². The number of hydrogen-bond acceptors (Lipinski definition) is 3. The molecule has 25 heavy (non-hydrogen) atoms. The van der Waals surface area contributed by atoms with Gasteiger partial charge in [0.05, 0.1) is 12.1 Å². The van der Waals surface area contributed by atoms with E-state index in [4.69, 9.17) is 0 Å². The lowest BCUT2D eigenvalue weighted by atomic mass is 10.0. The molecule has 5 nitrogen and oxygen atoms in total. The summed E-state index contributed by atoms with van der Waals surface area (Å²) < 4.78 is 0. The summed E-state index contributed by atoms with van der Waals surface area (Å²) in [5, 5.41) is 13.0. The van der Waals surface area contributed by atoms with Crippen molar-refractivity contribution in [3.63, 3.8) is 0 Å². The number of likely N-dealkylation sites (N-methyl/N-ethyl adjacent to an activating group) is 1. The smallest absolute Gasteiger partial charge is 0.257 e. The van der Waals surface area contributed by atoms with E-state index in [9.17, 15) is 14.7 Å². The average Bonchev–Trinajstić information content (AvgIpc) is 2.56. The second kappa shape index (κ2) is 7.38. The van der Waals surface area contributed by atoms with Gasteiger partial charge in [0.25, 0.3) is 5.91 Å². The Morgan fingerprint density at radius 3 is 2.32 bits per heavy atom. The Morgan fingerprint density at radius 1 is 1.00 bits per heavy atom. The number of anilines is 1. The highest BCUT2D eigenvalue weighted by atomic mass is 16.3. The Kier molecular flexibility index (Phi) is 5.47. The molecule has 0 radical (unpaired) electrons. The number of carbonyl (C=O) groups is 2. The fourth-order valence-corrected chi connectivity index (χ4v) is 2.54. The first-order valence-electron chi connectivity index (χ1n) is 8.13. The van der Waals surface area contributed by atoms with Crippen LogP contribution < -0.4 is 5.32 Å². The number of phenolic OH excluding ortho intramolecular Hbond substituents is 1. The number of nitrogens with zero attached hydrogens (tertiary/aromatic N) is 1.